The summed E-state index contributed by atoms with van der Waals surface area (Å²) in [5.41, 5.74) is 4.61. The molecule has 1 aliphatic heterocycles. The molecule has 1 unspecified atom stereocenters. The van der Waals surface area contributed by atoms with Gasteiger partial charge < -0.3 is 26.5 Å². The molecular formula is C4H6AlClN4O4. The van der Waals surface area contributed by atoms with Crippen LogP contribution in [0.2, 0.25) is 0 Å². The third-order valence-electron chi connectivity index (χ3n) is 0.909. The smallest absolute Gasteiger partial charge is 0.859 e. The zero-order chi connectivity index (χ0) is 8.43. The first-order chi connectivity index (χ1) is 5.09. The second kappa shape index (κ2) is 7.40. The Kier molecular flexibility index (Phi) is 9.89. The summed E-state index contributed by atoms with van der Waals surface area (Å²) in [5.74, 6) is -0.853. The normalized spacial score (nSPS) is 19.4. The second-order valence-corrected chi connectivity index (χ2v) is 1.70. The van der Waals surface area contributed by atoms with Gasteiger partial charge in [-0.15, -0.1) is 12.4 Å². The largest absolute Gasteiger partial charge is 3.00 e. The summed E-state index contributed by atoms with van der Waals surface area (Å²) in [6, 6.07) is -1.97. The molecule has 14 heavy (non-hydrogen) atoms. The Morgan fingerprint density at radius 2 is 1.93 bits per heavy atom. The van der Waals surface area contributed by atoms with Crippen LogP contribution < -0.4 is 21.1 Å². The van der Waals surface area contributed by atoms with Crippen molar-refractivity contribution in [2.45, 2.75) is 6.17 Å². The van der Waals surface area contributed by atoms with Crippen molar-refractivity contribution in [3.63, 3.8) is 0 Å². The van der Waals surface area contributed by atoms with Gasteiger partial charge in [-0.1, -0.05) is 0 Å². The molecule has 1 atom stereocenters. The Bertz CT molecular complexity index is 264. The minimum absolute atomic E-state index is 0. The average molecular weight is 237 g/mol. The molecule has 0 aromatic heterocycles. The molecule has 1 aliphatic rings. The van der Waals surface area contributed by atoms with E-state index in [1.165, 1.54) is 0 Å². The molecule has 1 rings (SSSR count). The van der Waals surface area contributed by atoms with Crippen LogP contribution in [-0.2, 0) is 0 Å². The maximum Gasteiger partial charge on any atom is 3.00 e. The molecule has 0 amide bonds. The van der Waals surface area contributed by atoms with E-state index in [2.05, 4.69) is 20.7 Å². The minimum atomic E-state index is -1.35. The van der Waals surface area contributed by atoms with Crippen LogP contribution in [0.1, 0.15) is 0 Å². The number of nitrogens with two attached hydrogens (primary N) is 1. The molecule has 10 heteroatoms. The van der Waals surface area contributed by atoms with E-state index in [4.69, 9.17) is 0 Å². The minimum Gasteiger partial charge on any atom is -0.859 e. The van der Waals surface area contributed by atoms with E-state index >= 15 is 0 Å². The van der Waals surface area contributed by atoms with Gasteiger partial charge in [0.2, 0.25) is 0 Å². The maximum atomic E-state index is 10.5. The molecule has 76 valence electrons. The molecule has 0 saturated heterocycles. The molecule has 8 nitrogen and oxygen atoms in total. The van der Waals surface area contributed by atoms with Gasteiger partial charge in [-0.2, -0.15) is 0 Å². The van der Waals surface area contributed by atoms with Gasteiger partial charge in [0.05, 0.1) is 6.02 Å². The molecule has 0 saturated carbocycles. The molecule has 0 radical (unpaired) electrons. The van der Waals surface area contributed by atoms with Gasteiger partial charge in [-0.25, -0.2) is 4.99 Å². The first kappa shape index (κ1) is 18.7. The molecule has 0 aromatic rings. The van der Waals surface area contributed by atoms with Crippen LogP contribution in [0, 0.1) is 0 Å². The topological polar surface area (TPSA) is 164 Å². The van der Waals surface area contributed by atoms with Crippen molar-refractivity contribution < 1.29 is 20.8 Å². The van der Waals surface area contributed by atoms with Crippen molar-refractivity contribution >= 4 is 47.7 Å². The molecule has 0 bridgehead atoms. The average Bonchev–Trinajstić information content (AvgIpc) is 2.09. The van der Waals surface area contributed by atoms with E-state index in [0.29, 0.717) is 0 Å². The van der Waals surface area contributed by atoms with E-state index in [0.717, 1.165) is 0 Å². The molecule has 1 heterocycles. The summed E-state index contributed by atoms with van der Waals surface area (Å²) in [6.07, 6.45) is -1.35. The van der Waals surface area contributed by atoms with Crippen molar-refractivity contribution in [3.05, 3.63) is 0 Å². The third-order valence-corrected chi connectivity index (χ3v) is 0.909. The van der Waals surface area contributed by atoms with Crippen molar-refractivity contribution in [2.24, 2.45) is 20.7 Å². The van der Waals surface area contributed by atoms with Crippen molar-refractivity contribution in [2.75, 3.05) is 0 Å². The van der Waals surface area contributed by atoms with E-state index in [1.54, 1.807) is 0 Å². The number of rotatable bonds is 1. The summed E-state index contributed by atoms with van der Waals surface area (Å²) in [6.45, 7) is 0. The first-order valence-corrected chi connectivity index (χ1v) is 2.60. The van der Waals surface area contributed by atoms with Gasteiger partial charge in [0.1, 0.15) is 0 Å². The van der Waals surface area contributed by atoms with Gasteiger partial charge in [0.15, 0.2) is 6.17 Å². The molecule has 0 aliphatic carbocycles. The quantitative estimate of drug-likeness (QED) is 0.273. The molecule has 0 aromatic carbocycles. The molecule has 0 fully saturated rings. The first-order valence-electron chi connectivity index (χ1n) is 2.60. The van der Waals surface area contributed by atoms with Gasteiger partial charge in [0.25, 0.3) is 0 Å². The fourth-order valence-corrected chi connectivity index (χ4v) is 0.545. The molecule has 0 spiro atoms. The molecular weight excluding hydrogens is 231 g/mol. The number of hydrogen-bond donors (Lipinski definition) is 1. The van der Waals surface area contributed by atoms with Crippen LogP contribution in [0.5, 0.6) is 0 Å². The van der Waals surface area contributed by atoms with E-state index in [1.807, 2.05) is 0 Å². The zero-order valence-corrected chi connectivity index (χ0v) is 8.68. The van der Waals surface area contributed by atoms with E-state index in [9.17, 15) is 15.3 Å². The summed E-state index contributed by atoms with van der Waals surface area (Å²) >= 11 is 0. The standard InChI is InChI=1S/C4H6N4O3.Al.ClH.H2O/c5-3(10)6-1-2(9)8-4(11)7-1;;;/h1H,(H3,5,6,10)(H2,7,8,9,11);;1H;1H2/q;+3;;/p-3. The fraction of sp³-hybridized carbons (Fsp3) is 0.250. The summed E-state index contributed by atoms with van der Waals surface area (Å²) in [5, 5.41) is 30.9. The number of aliphatic imine (C=N–C) groups is 3. The monoisotopic (exact) mass is 236 g/mol. The van der Waals surface area contributed by atoms with Crippen LogP contribution in [-0.4, -0.2) is 46.9 Å². The van der Waals surface area contributed by atoms with Crippen LogP contribution in [0.25, 0.3) is 0 Å². The third kappa shape index (κ3) is 4.88. The number of hydrogen-bond acceptors (Lipinski definition) is 6. The van der Waals surface area contributed by atoms with Crippen molar-refractivity contribution in [3.8, 4) is 0 Å². The maximum absolute atomic E-state index is 10.5. The Morgan fingerprint density at radius 3 is 2.21 bits per heavy atom. The second-order valence-electron chi connectivity index (χ2n) is 1.70. The number of halogens is 1. The van der Waals surface area contributed by atoms with Gasteiger partial charge in [-0.05, 0) is 0 Å². The predicted molar refractivity (Wildman–Crippen MR) is 46.9 cm³/mol. The zero-order valence-electron chi connectivity index (χ0n) is 6.71. The van der Waals surface area contributed by atoms with Gasteiger partial charge in [-0.3, -0.25) is 9.98 Å². The predicted octanol–water partition coefficient (Wildman–Crippen LogP) is -5.31. The summed E-state index contributed by atoms with van der Waals surface area (Å²) < 4.78 is 0. The van der Waals surface area contributed by atoms with E-state index in [-0.39, 0.29) is 35.2 Å². The van der Waals surface area contributed by atoms with Crippen molar-refractivity contribution in [1.82, 2.24) is 0 Å². The van der Waals surface area contributed by atoms with Crippen molar-refractivity contribution in [1.29, 1.82) is 0 Å². The summed E-state index contributed by atoms with van der Waals surface area (Å²) in [7, 11) is 0. The van der Waals surface area contributed by atoms with Crippen LogP contribution in [0.15, 0.2) is 15.0 Å². The van der Waals surface area contributed by atoms with Crippen LogP contribution in [0.3, 0.4) is 0 Å². The Morgan fingerprint density at radius 1 is 1.43 bits per heavy atom. The Balaban J connectivity index is -0.000000403. The number of nitrogens with zero attached hydrogens (tertiary/aromatic N) is 3. The number of amidine groups is 2. The van der Waals surface area contributed by atoms with E-state index < -0.39 is 24.1 Å². The SMILES string of the molecule is Cl.NC([O-])=NC1N=C([O-])N=C1[O-].O.[Al+3]. The van der Waals surface area contributed by atoms with Gasteiger partial charge >= 0.3 is 17.4 Å². The fourth-order valence-electron chi connectivity index (χ4n) is 0.545. The van der Waals surface area contributed by atoms with Crippen LogP contribution in [0.4, 0.5) is 0 Å². The Labute approximate surface area is 95.7 Å². The summed E-state index contributed by atoms with van der Waals surface area (Å²) in [4.78, 5) is 8.98. The molecule has 4 N–H and O–H groups in total. The van der Waals surface area contributed by atoms with Crippen LogP contribution >= 0.6 is 12.4 Å². The van der Waals surface area contributed by atoms with Gasteiger partial charge in [0, 0.05) is 11.9 Å². The Hall–Kier alpha value is -1.01.